The lowest BCUT2D eigenvalue weighted by Crippen LogP contribution is -2.41. The monoisotopic (exact) mass is 413 g/mol. The van der Waals surface area contributed by atoms with E-state index in [1.165, 1.54) is 37.2 Å². The molecule has 0 amide bonds. The molecular formula is C15H16F5N3O3S. The van der Waals surface area contributed by atoms with Crippen molar-refractivity contribution in [3.63, 3.8) is 0 Å². The molecule has 0 saturated heterocycles. The summed E-state index contributed by atoms with van der Waals surface area (Å²) in [5.74, 6) is -5.50. The van der Waals surface area contributed by atoms with Gasteiger partial charge in [-0.25, -0.2) is 8.42 Å². The van der Waals surface area contributed by atoms with Crippen LogP contribution < -0.4 is 0 Å². The van der Waals surface area contributed by atoms with E-state index in [1.54, 1.807) is 0 Å². The number of hydrogen-bond acceptors (Lipinski definition) is 6. The minimum absolute atomic E-state index is 0.0390. The average Bonchev–Trinajstić information content (AvgIpc) is 2.59. The number of sulfone groups is 1. The number of ether oxygens (including phenoxy) is 1. The van der Waals surface area contributed by atoms with E-state index in [9.17, 15) is 30.4 Å². The van der Waals surface area contributed by atoms with E-state index in [4.69, 9.17) is 0 Å². The van der Waals surface area contributed by atoms with Crippen molar-refractivity contribution >= 4 is 16.1 Å². The Balaban J connectivity index is 2.21. The Morgan fingerprint density at radius 1 is 1.26 bits per heavy atom. The van der Waals surface area contributed by atoms with Gasteiger partial charge in [-0.1, -0.05) is 6.92 Å². The van der Waals surface area contributed by atoms with Crippen LogP contribution in [-0.4, -0.2) is 56.0 Å². The van der Waals surface area contributed by atoms with Crippen LogP contribution in [0.15, 0.2) is 40.2 Å². The van der Waals surface area contributed by atoms with Gasteiger partial charge in [0, 0.05) is 19.4 Å². The van der Waals surface area contributed by atoms with Crippen LogP contribution in [-0.2, 0) is 14.6 Å². The molecule has 2 rings (SSSR count). The zero-order valence-electron chi connectivity index (χ0n) is 14.2. The molecular weight excluding hydrogens is 397 g/mol. The van der Waals surface area contributed by atoms with E-state index in [0.29, 0.717) is 0 Å². The number of halogens is 5. The molecule has 1 aliphatic heterocycles. The van der Waals surface area contributed by atoms with Crippen LogP contribution in [0.25, 0.3) is 0 Å². The topological polar surface area (TPSA) is 71.9 Å². The minimum Gasteiger partial charge on any atom is -0.484 e. The summed E-state index contributed by atoms with van der Waals surface area (Å²) in [6.07, 6.45) is -3.18. The summed E-state index contributed by atoms with van der Waals surface area (Å²) in [6.45, 7) is -0.432. The van der Waals surface area contributed by atoms with Gasteiger partial charge in [-0.2, -0.15) is 22.0 Å². The molecule has 1 unspecified atom stereocenters. The van der Waals surface area contributed by atoms with E-state index in [0.717, 1.165) is 12.4 Å². The average molecular weight is 413 g/mol. The van der Waals surface area contributed by atoms with Crippen molar-refractivity contribution in [2.75, 3.05) is 19.4 Å². The Labute approximate surface area is 152 Å². The Hall–Kier alpha value is -2.24. The Morgan fingerprint density at radius 3 is 2.48 bits per heavy atom. The van der Waals surface area contributed by atoms with Crippen molar-refractivity contribution in [1.82, 2.24) is 9.88 Å². The van der Waals surface area contributed by atoms with Crippen molar-refractivity contribution in [1.29, 1.82) is 0 Å². The first-order valence-electron chi connectivity index (χ1n) is 7.61. The molecule has 12 heteroatoms. The second kappa shape index (κ2) is 7.41. The molecule has 27 heavy (non-hydrogen) atoms. The van der Waals surface area contributed by atoms with Crippen molar-refractivity contribution in [2.45, 2.75) is 30.1 Å². The Kier molecular flexibility index (Phi) is 5.78. The standard InChI is InChI=1S/C15H16F5N3O3S/c1-3-27(24,25)11-5-4-6-21-12(11)13-22-7-10(8-23(13)2)26-9-14(16,17)15(18,19)20/h4-8,13H,3,9H2,1-2H3. The smallest absolute Gasteiger partial charge is 0.456 e. The third-order valence-corrected chi connectivity index (χ3v) is 5.43. The van der Waals surface area contributed by atoms with E-state index in [2.05, 4.69) is 14.7 Å². The highest BCUT2D eigenvalue weighted by molar-refractivity contribution is 7.91. The molecule has 0 aromatic carbocycles. The van der Waals surface area contributed by atoms with Gasteiger partial charge in [-0.15, -0.1) is 0 Å². The second-order valence-electron chi connectivity index (χ2n) is 5.63. The highest BCUT2D eigenvalue weighted by atomic mass is 32.2. The fourth-order valence-corrected chi connectivity index (χ4v) is 3.24. The summed E-state index contributed by atoms with van der Waals surface area (Å²) in [5, 5.41) is 0. The molecule has 0 N–H and O–H groups in total. The molecule has 0 bridgehead atoms. The van der Waals surface area contributed by atoms with E-state index >= 15 is 0 Å². The lowest BCUT2D eigenvalue weighted by atomic mass is 10.2. The van der Waals surface area contributed by atoms with E-state index in [-0.39, 0.29) is 22.1 Å². The molecule has 1 atom stereocenters. The maximum atomic E-state index is 12.9. The molecule has 1 aromatic heterocycles. The number of allylic oxidation sites excluding steroid dienone is 1. The molecule has 6 nitrogen and oxygen atoms in total. The SMILES string of the molecule is CCS(=O)(=O)c1cccnc1C1N=CC(OCC(F)(F)C(F)(F)F)=CN1C. The van der Waals surface area contributed by atoms with Gasteiger partial charge in [0.25, 0.3) is 0 Å². The van der Waals surface area contributed by atoms with Gasteiger partial charge < -0.3 is 9.64 Å². The molecule has 2 heterocycles. The van der Waals surface area contributed by atoms with Crippen LogP contribution in [0.3, 0.4) is 0 Å². The maximum absolute atomic E-state index is 12.9. The zero-order valence-corrected chi connectivity index (χ0v) is 15.1. The molecule has 0 spiro atoms. The fourth-order valence-electron chi connectivity index (χ4n) is 2.16. The maximum Gasteiger partial charge on any atom is 0.456 e. The van der Waals surface area contributed by atoms with E-state index in [1.807, 2.05) is 0 Å². The van der Waals surface area contributed by atoms with Crippen LogP contribution in [0.1, 0.15) is 18.8 Å². The highest BCUT2D eigenvalue weighted by Crippen LogP contribution is 2.36. The molecule has 0 radical (unpaired) electrons. The van der Waals surface area contributed by atoms with Gasteiger partial charge in [0.1, 0.15) is 5.69 Å². The van der Waals surface area contributed by atoms with Gasteiger partial charge >= 0.3 is 12.1 Å². The summed E-state index contributed by atoms with van der Waals surface area (Å²) in [7, 11) is -2.17. The molecule has 150 valence electrons. The van der Waals surface area contributed by atoms with Gasteiger partial charge in [0.2, 0.25) is 0 Å². The molecule has 0 saturated carbocycles. The summed E-state index contributed by atoms with van der Waals surface area (Å²) >= 11 is 0. The quantitative estimate of drug-likeness (QED) is 0.671. The largest absolute Gasteiger partial charge is 0.484 e. The van der Waals surface area contributed by atoms with Gasteiger partial charge in [-0.05, 0) is 12.1 Å². The lowest BCUT2D eigenvalue weighted by Gasteiger charge is -2.28. The molecule has 0 fully saturated rings. The second-order valence-corrected chi connectivity index (χ2v) is 7.88. The molecule has 1 aliphatic rings. The summed E-state index contributed by atoms with van der Waals surface area (Å²) < 4.78 is 91.3. The zero-order chi connectivity index (χ0) is 20.5. The summed E-state index contributed by atoms with van der Waals surface area (Å²) in [4.78, 5) is 9.29. The first-order chi connectivity index (χ1) is 12.4. The summed E-state index contributed by atoms with van der Waals surface area (Å²) in [5.41, 5.74) is 0.106. The third kappa shape index (κ3) is 4.54. The number of aliphatic imine (C=N–C) groups is 1. The van der Waals surface area contributed by atoms with Crippen LogP contribution in [0.4, 0.5) is 22.0 Å². The number of aromatic nitrogens is 1. The highest BCUT2D eigenvalue weighted by Gasteiger charge is 2.58. The number of nitrogens with zero attached hydrogens (tertiary/aromatic N) is 3. The van der Waals surface area contributed by atoms with Crippen LogP contribution >= 0.6 is 0 Å². The van der Waals surface area contributed by atoms with Gasteiger partial charge in [-0.3, -0.25) is 9.98 Å². The fraction of sp³-hybridized carbons (Fsp3) is 0.467. The Bertz CT molecular complexity index is 852. The predicted molar refractivity (Wildman–Crippen MR) is 86.0 cm³/mol. The minimum atomic E-state index is -5.73. The third-order valence-electron chi connectivity index (χ3n) is 3.65. The summed E-state index contributed by atoms with van der Waals surface area (Å²) in [6, 6.07) is 2.81. The molecule has 0 aliphatic carbocycles. The molecule has 1 aromatic rings. The lowest BCUT2D eigenvalue weighted by molar-refractivity contribution is -0.293. The normalized spacial score (nSPS) is 18.4. The predicted octanol–water partition coefficient (Wildman–Crippen LogP) is 2.95. The first-order valence-corrected chi connectivity index (χ1v) is 9.26. The van der Waals surface area contributed by atoms with Crippen LogP contribution in [0.5, 0.6) is 0 Å². The first kappa shape index (κ1) is 21.1. The number of pyridine rings is 1. The Morgan fingerprint density at radius 2 is 1.93 bits per heavy atom. The van der Waals surface area contributed by atoms with E-state index < -0.39 is 34.7 Å². The van der Waals surface area contributed by atoms with Crippen molar-refractivity contribution < 1.29 is 35.1 Å². The van der Waals surface area contributed by atoms with Gasteiger partial charge in [0.05, 0.1) is 16.9 Å². The van der Waals surface area contributed by atoms with Crippen LogP contribution in [0.2, 0.25) is 0 Å². The van der Waals surface area contributed by atoms with Crippen LogP contribution in [0, 0.1) is 0 Å². The van der Waals surface area contributed by atoms with Crippen molar-refractivity contribution in [2.24, 2.45) is 4.99 Å². The van der Waals surface area contributed by atoms with Crippen molar-refractivity contribution in [3.05, 3.63) is 36.0 Å². The number of hydrogen-bond donors (Lipinski definition) is 0. The number of alkyl halides is 5. The van der Waals surface area contributed by atoms with Gasteiger partial charge in [0.15, 0.2) is 28.4 Å². The number of rotatable bonds is 6. The van der Waals surface area contributed by atoms with Crippen molar-refractivity contribution in [3.8, 4) is 0 Å².